The summed E-state index contributed by atoms with van der Waals surface area (Å²) in [5.41, 5.74) is 3.58. The highest BCUT2D eigenvalue weighted by Crippen LogP contribution is 2.18. The predicted molar refractivity (Wildman–Crippen MR) is 53.3 cm³/mol. The van der Waals surface area contributed by atoms with E-state index in [-0.39, 0.29) is 0 Å². The van der Waals surface area contributed by atoms with Gasteiger partial charge in [0.2, 0.25) is 5.96 Å². The van der Waals surface area contributed by atoms with Crippen LogP contribution in [0.5, 0.6) is 0 Å². The van der Waals surface area contributed by atoms with Crippen molar-refractivity contribution in [1.29, 1.82) is 0 Å². The molecule has 76 valence electrons. The normalized spacial score (nSPS) is 16.8. The van der Waals surface area contributed by atoms with Crippen LogP contribution < -0.4 is 16.6 Å². The van der Waals surface area contributed by atoms with Gasteiger partial charge in [0.1, 0.15) is 0 Å². The second-order valence-corrected chi connectivity index (χ2v) is 3.36. The van der Waals surface area contributed by atoms with Gasteiger partial charge in [0.15, 0.2) is 0 Å². The second-order valence-electron chi connectivity index (χ2n) is 3.36. The second kappa shape index (κ2) is 4.15. The molecule has 0 bridgehead atoms. The lowest BCUT2D eigenvalue weighted by atomic mass is 10.3. The van der Waals surface area contributed by atoms with E-state index in [1.54, 1.807) is 12.5 Å². The van der Waals surface area contributed by atoms with Crippen LogP contribution in [0.3, 0.4) is 0 Å². The van der Waals surface area contributed by atoms with Crippen LogP contribution in [0.15, 0.2) is 28.0 Å². The zero-order valence-electron chi connectivity index (χ0n) is 7.86. The molecule has 0 radical (unpaired) electrons. The van der Waals surface area contributed by atoms with Crippen molar-refractivity contribution in [3.8, 4) is 0 Å². The minimum atomic E-state index is 0.550. The number of rotatable bonds is 3. The predicted octanol–water partition coefficient (Wildman–Crippen LogP) is 0.351. The van der Waals surface area contributed by atoms with Crippen LogP contribution >= 0.6 is 0 Å². The van der Waals surface area contributed by atoms with Crippen molar-refractivity contribution in [1.82, 2.24) is 10.7 Å². The molecule has 1 fully saturated rings. The SMILES string of the molecule is NNC(=NCc1ccoc1)NC1CC1. The Hall–Kier alpha value is -1.49. The highest BCUT2D eigenvalue weighted by molar-refractivity contribution is 5.79. The molecule has 1 aliphatic carbocycles. The quantitative estimate of drug-likeness (QED) is 0.281. The lowest BCUT2D eigenvalue weighted by molar-refractivity contribution is 0.564. The third-order valence-electron chi connectivity index (χ3n) is 2.05. The molecule has 2 rings (SSSR count). The van der Waals surface area contributed by atoms with E-state index in [0.717, 1.165) is 5.56 Å². The maximum atomic E-state index is 5.32. The maximum absolute atomic E-state index is 5.32. The van der Waals surface area contributed by atoms with Gasteiger partial charge in [-0.2, -0.15) is 0 Å². The van der Waals surface area contributed by atoms with E-state index in [9.17, 15) is 0 Å². The number of nitrogens with zero attached hydrogens (tertiary/aromatic N) is 1. The Balaban J connectivity index is 1.86. The molecule has 0 spiro atoms. The van der Waals surface area contributed by atoms with E-state index in [1.165, 1.54) is 12.8 Å². The Labute approximate surface area is 82.3 Å². The Bertz CT molecular complexity index is 303. The van der Waals surface area contributed by atoms with Crippen molar-refractivity contribution in [2.75, 3.05) is 0 Å². The summed E-state index contributed by atoms with van der Waals surface area (Å²) in [6.45, 7) is 0.579. The first-order chi connectivity index (χ1) is 6.88. The molecule has 5 heteroatoms. The summed E-state index contributed by atoms with van der Waals surface area (Å²) in [4.78, 5) is 4.27. The molecule has 1 aliphatic rings. The molecule has 1 saturated carbocycles. The lowest BCUT2D eigenvalue weighted by Gasteiger charge is -2.06. The molecule has 4 N–H and O–H groups in total. The van der Waals surface area contributed by atoms with Gasteiger partial charge in [0, 0.05) is 11.6 Å². The van der Waals surface area contributed by atoms with Gasteiger partial charge in [-0.1, -0.05) is 0 Å². The van der Waals surface area contributed by atoms with E-state index in [2.05, 4.69) is 15.7 Å². The molecule has 0 aromatic carbocycles. The van der Waals surface area contributed by atoms with Crippen molar-refractivity contribution in [3.05, 3.63) is 24.2 Å². The van der Waals surface area contributed by atoms with Crippen molar-refractivity contribution in [3.63, 3.8) is 0 Å². The topological polar surface area (TPSA) is 75.6 Å². The van der Waals surface area contributed by atoms with Crippen LogP contribution in [0.2, 0.25) is 0 Å². The van der Waals surface area contributed by atoms with E-state index in [4.69, 9.17) is 10.3 Å². The summed E-state index contributed by atoms with van der Waals surface area (Å²) in [5.74, 6) is 5.97. The van der Waals surface area contributed by atoms with Gasteiger partial charge in [-0.15, -0.1) is 0 Å². The van der Waals surface area contributed by atoms with Gasteiger partial charge in [-0.25, -0.2) is 10.8 Å². The van der Waals surface area contributed by atoms with Gasteiger partial charge in [-0.05, 0) is 18.9 Å². The standard InChI is InChI=1S/C9H14N4O/c10-13-9(12-8-1-2-8)11-5-7-3-4-14-6-7/h3-4,6,8H,1-2,5,10H2,(H2,11,12,13). The van der Waals surface area contributed by atoms with Crippen molar-refractivity contribution in [2.45, 2.75) is 25.4 Å². The number of nitrogens with one attached hydrogen (secondary N) is 2. The number of furan rings is 1. The van der Waals surface area contributed by atoms with E-state index in [0.29, 0.717) is 18.5 Å². The minimum absolute atomic E-state index is 0.550. The molecule has 5 nitrogen and oxygen atoms in total. The maximum Gasteiger partial charge on any atom is 0.206 e. The van der Waals surface area contributed by atoms with Crippen LogP contribution in [0.25, 0.3) is 0 Å². The van der Waals surface area contributed by atoms with Gasteiger partial charge < -0.3 is 9.73 Å². The Kier molecular flexibility index (Phi) is 2.69. The van der Waals surface area contributed by atoms with Crippen LogP contribution in [-0.2, 0) is 6.54 Å². The van der Waals surface area contributed by atoms with Gasteiger partial charge in [0.05, 0.1) is 19.1 Å². The van der Waals surface area contributed by atoms with Crippen LogP contribution in [0.4, 0.5) is 0 Å². The third kappa shape index (κ3) is 2.50. The third-order valence-corrected chi connectivity index (χ3v) is 2.05. The average molecular weight is 194 g/mol. The Morgan fingerprint density at radius 1 is 1.64 bits per heavy atom. The van der Waals surface area contributed by atoms with Crippen LogP contribution in [0.1, 0.15) is 18.4 Å². The van der Waals surface area contributed by atoms with Crippen molar-refractivity contribution in [2.24, 2.45) is 10.8 Å². The van der Waals surface area contributed by atoms with Gasteiger partial charge >= 0.3 is 0 Å². The molecule has 1 heterocycles. The molecular formula is C9H14N4O. The van der Waals surface area contributed by atoms with E-state index >= 15 is 0 Å². The van der Waals surface area contributed by atoms with Crippen molar-refractivity contribution < 1.29 is 4.42 Å². The summed E-state index contributed by atoms with van der Waals surface area (Å²) in [5, 5.41) is 3.19. The van der Waals surface area contributed by atoms with Gasteiger partial charge in [0.25, 0.3) is 0 Å². The summed E-state index contributed by atoms with van der Waals surface area (Å²) in [6.07, 6.45) is 5.71. The number of hydrogen-bond acceptors (Lipinski definition) is 3. The largest absolute Gasteiger partial charge is 0.472 e. The van der Waals surface area contributed by atoms with Crippen molar-refractivity contribution >= 4 is 5.96 Å². The molecule has 0 aliphatic heterocycles. The summed E-state index contributed by atoms with van der Waals surface area (Å²) < 4.78 is 4.93. The van der Waals surface area contributed by atoms with E-state index in [1.807, 2.05) is 6.07 Å². The first-order valence-corrected chi connectivity index (χ1v) is 4.67. The van der Waals surface area contributed by atoms with Crippen LogP contribution in [-0.4, -0.2) is 12.0 Å². The van der Waals surface area contributed by atoms with Gasteiger partial charge in [-0.3, -0.25) is 5.43 Å². The average Bonchev–Trinajstić information content (AvgIpc) is 2.86. The zero-order valence-corrected chi connectivity index (χ0v) is 7.86. The first-order valence-electron chi connectivity index (χ1n) is 4.67. The zero-order chi connectivity index (χ0) is 9.80. The fraction of sp³-hybridized carbons (Fsp3) is 0.444. The fourth-order valence-corrected chi connectivity index (χ4v) is 1.11. The fourth-order valence-electron chi connectivity index (χ4n) is 1.11. The van der Waals surface area contributed by atoms with Crippen LogP contribution in [0, 0.1) is 0 Å². The Morgan fingerprint density at radius 3 is 3.07 bits per heavy atom. The highest BCUT2D eigenvalue weighted by atomic mass is 16.3. The minimum Gasteiger partial charge on any atom is -0.472 e. The molecule has 0 amide bonds. The summed E-state index contributed by atoms with van der Waals surface area (Å²) >= 11 is 0. The number of aliphatic imine (C=N–C) groups is 1. The molecule has 0 unspecified atom stereocenters. The molecule has 14 heavy (non-hydrogen) atoms. The number of hydrazine groups is 1. The van der Waals surface area contributed by atoms with E-state index < -0.39 is 0 Å². The molecule has 0 atom stereocenters. The Morgan fingerprint density at radius 2 is 2.50 bits per heavy atom. The molecule has 1 aromatic heterocycles. The number of nitrogens with two attached hydrogens (primary N) is 1. The summed E-state index contributed by atoms with van der Waals surface area (Å²) in [6, 6.07) is 2.43. The highest BCUT2D eigenvalue weighted by Gasteiger charge is 2.21. The monoisotopic (exact) mass is 194 g/mol. The molecule has 1 aromatic rings. The lowest BCUT2D eigenvalue weighted by Crippen LogP contribution is -2.42. The first kappa shape index (κ1) is 9.08. The summed E-state index contributed by atoms with van der Waals surface area (Å²) in [7, 11) is 0. The number of hydrogen-bond donors (Lipinski definition) is 3. The molecular weight excluding hydrogens is 180 g/mol. The number of guanidine groups is 1. The molecule has 0 saturated heterocycles. The smallest absolute Gasteiger partial charge is 0.206 e.